The molecule has 0 fully saturated rings. The number of anilines is 1. The first kappa shape index (κ1) is 26.9. The lowest BCUT2D eigenvalue weighted by atomic mass is 9.88. The first-order valence-corrected chi connectivity index (χ1v) is 13.9. The van der Waals surface area contributed by atoms with Crippen molar-refractivity contribution in [3.63, 3.8) is 0 Å². The fraction of sp³-hybridized carbons (Fsp3) is 0.444. The van der Waals surface area contributed by atoms with E-state index in [9.17, 15) is 17.9 Å². The Bertz CT molecular complexity index is 1190. The van der Waals surface area contributed by atoms with Gasteiger partial charge in [0.1, 0.15) is 11.6 Å². The molecule has 6 nitrogen and oxygen atoms in total. The Kier molecular flexibility index (Phi) is 8.72. The van der Waals surface area contributed by atoms with E-state index >= 15 is 0 Å². The van der Waals surface area contributed by atoms with Crippen LogP contribution in [0.25, 0.3) is 17.2 Å². The van der Waals surface area contributed by atoms with Crippen molar-refractivity contribution in [3.05, 3.63) is 65.3 Å². The van der Waals surface area contributed by atoms with Crippen LogP contribution in [0.4, 0.5) is 10.2 Å². The van der Waals surface area contributed by atoms with Gasteiger partial charge in [0, 0.05) is 30.1 Å². The van der Waals surface area contributed by atoms with Gasteiger partial charge >= 0.3 is 0 Å². The number of hydrogen-bond donors (Lipinski definition) is 2. The molecule has 0 saturated heterocycles. The summed E-state index contributed by atoms with van der Waals surface area (Å²) in [6.45, 7) is 7.94. The molecule has 2 heterocycles. The Morgan fingerprint density at radius 3 is 2.57 bits per heavy atom. The second-order valence-corrected chi connectivity index (χ2v) is 11.4. The van der Waals surface area contributed by atoms with E-state index in [-0.39, 0.29) is 23.5 Å². The van der Waals surface area contributed by atoms with Crippen LogP contribution in [0.1, 0.15) is 68.7 Å². The standard InChI is InChI=1S/C27H36FN3O3S/c1-18(2)26-23(16-15-22(29)9-7-8-19(3)32)25(20-11-13-21(28)14-12-20)24-10-5-6-17-31(27(24)30-26)35(4,33)34/h11-16,18,22,32H,3,5-10,17,29H2,1-2,4H3/b16-15+/t22-/m0/s1. The van der Waals surface area contributed by atoms with Crippen LogP contribution >= 0.6 is 0 Å². The van der Waals surface area contributed by atoms with E-state index in [0.717, 1.165) is 40.8 Å². The summed E-state index contributed by atoms with van der Waals surface area (Å²) < 4.78 is 40.6. The van der Waals surface area contributed by atoms with Gasteiger partial charge in [0.25, 0.3) is 0 Å². The van der Waals surface area contributed by atoms with Gasteiger partial charge in [-0.15, -0.1) is 0 Å². The highest BCUT2D eigenvalue weighted by Gasteiger charge is 2.29. The van der Waals surface area contributed by atoms with E-state index in [1.165, 1.54) is 22.7 Å². The number of allylic oxidation sites excluding steroid dienone is 1. The van der Waals surface area contributed by atoms with Crippen molar-refractivity contribution in [1.82, 2.24) is 4.98 Å². The van der Waals surface area contributed by atoms with Gasteiger partial charge in [-0.1, -0.05) is 44.7 Å². The Balaban J connectivity index is 2.23. The van der Waals surface area contributed by atoms with E-state index in [4.69, 9.17) is 10.7 Å². The lowest BCUT2D eigenvalue weighted by Gasteiger charge is -2.26. The molecule has 0 radical (unpaired) electrons. The zero-order chi connectivity index (χ0) is 25.8. The fourth-order valence-electron chi connectivity index (χ4n) is 4.49. The summed E-state index contributed by atoms with van der Waals surface area (Å²) >= 11 is 0. The molecule has 35 heavy (non-hydrogen) atoms. The quantitative estimate of drug-likeness (QED) is 0.430. The van der Waals surface area contributed by atoms with Crippen LogP contribution in [-0.2, 0) is 16.4 Å². The molecule has 1 aromatic carbocycles. The summed E-state index contributed by atoms with van der Waals surface area (Å²) in [5.41, 5.74) is 10.5. The molecular formula is C27H36FN3O3S. The smallest absolute Gasteiger partial charge is 0.233 e. The largest absolute Gasteiger partial charge is 0.513 e. The van der Waals surface area contributed by atoms with E-state index in [1.54, 1.807) is 12.1 Å². The number of halogens is 1. The number of nitrogens with two attached hydrogens (primary N) is 1. The number of benzene rings is 1. The van der Waals surface area contributed by atoms with E-state index in [0.29, 0.717) is 38.0 Å². The molecule has 1 aromatic heterocycles. The highest BCUT2D eigenvalue weighted by molar-refractivity contribution is 7.92. The average Bonchev–Trinajstić information content (AvgIpc) is 2.99. The Morgan fingerprint density at radius 2 is 1.97 bits per heavy atom. The average molecular weight is 502 g/mol. The van der Waals surface area contributed by atoms with Crippen LogP contribution in [0.5, 0.6) is 0 Å². The summed E-state index contributed by atoms with van der Waals surface area (Å²) in [4.78, 5) is 4.92. The third-order valence-corrected chi connectivity index (χ3v) is 7.37. The summed E-state index contributed by atoms with van der Waals surface area (Å²) in [6, 6.07) is 6.07. The summed E-state index contributed by atoms with van der Waals surface area (Å²) in [7, 11) is -3.52. The number of aliphatic hydroxyl groups excluding tert-OH is 1. The minimum absolute atomic E-state index is 0.0118. The number of hydrogen-bond acceptors (Lipinski definition) is 5. The predicted octanol–water partition coefficient (Wildman–Crippen LogP) is 5.70. The molecule has 0 spiro atoms. The van der Waals surface area contributed by atoms with Crippen molar-refractivity contribution in [3.8, 4) is 11.1 Å². The second kappa shape index (κ2) is 11.4. The van der Waals surface area contributed by atoms with Crippen molar-refractivity contribution in [2.24, 2.45) is 5.73 Å². The first-order chi connectivity index (χ1) is 16.5. The molecule has 2 aromatic rings. The van der Waals surface area contributed by atoms with Gasteiger partial charge in [-0.3, -0.25) is 4.31 Å². The Hall–Kier alpha value is -2.71. The molecule has 1 atom stereocenters. The van der Waals surface area contributed by atoms with Gasteiger partial charge in [0.05, 0.1) is 17.7 Å². The van der Waals surface area contributed by atoms with E-state index in [2.05, 4.69) is 6.58 Å². The van der Waals surface area contributed by atoms with Gasteiger partial charge in [-0.25, -0.2) is 17.8 Å². The van der Waals surface area contributed by atoms with Gasteiger partial charge in [-0.2, -0.15) is 0 Å². The maximum Gasteiger partial charge on any atom is 0.233 e. The van der Waals surface area contributed by atoms with Crippen LogP contribution in [0, 0.1) is 5.82 Å². The molecule has 0 aliphatic carbocycles. The zero-order valence-electron chi connectivity index (χ0n) is 20.8. The SMILES string of the molecule is C=C(O)CCC[C@H](N)/C=C/c1c(C(C)C)nc2c(c1-c1ccc(F)cc1)CCCCN2S(C)(=O)=O. The van der Waals surface area contributed by atoms with Gasteiger partial charge < -0.3 is 10.8 Å². The second-order valence-electron chi connectivity index (χ2n) is 9.52. The minimum atomic E-state index is -3.52. The number of rotatable bonds is 9. The number of aromatic nitrogens is 1. The zero-order valence-corrected chi connectivity index (χ0v) is 21.6. The number of nitrogens with zero attached hydrogens (tertiary/aromatic N) is 2. The van der Waals surface area contributed by atoms with Gasteiger partial charge in [0.2, 0.25) is 10.0 Å². The van der Waals surface area contributed by atoms with Crippen LogP contribution in [0.15, 0.2) is 42.7 Å². The lowest BCUT2D eigenvalue weighted by molar-refractivity contribution is 0.383. The molecule has 0 bridgehead atoms. The van der Waals surface area contributed by atoms with Crippen molar-refractivity contribution < 1.29 is 17.9 Å². The Labute approximate surface area is 208 Å². The van der Waals surface area contributed by atoms with Crippen molar-refractivity contribution >= 4 is 21.9 Å². The minimum Gasteiger partial charge on any atom is -0.513 e. The lowest BCUT2D eigenvalue weighted by Crippen LogP contribution is -2.32. The normalized spacial score (nSPS) is 15.3. The fourth-order valence-corrected chi connectivity index (χ4v) is 5.41. The molecule has 0 unspecified atom stereocenters. The van der Waals surface area contributed by atoms with Crippen molar-refractivity contribution in [2.45, 2.75) is 64.3 Å². The number of pyridine rings is 1. The number of sulfonamides is 1. The molecule has 0 amide bonds. The molecule has 0 saturated carbocycles. The Morgan fingerprint density at radius 1 is 1.29 bits per heavy atom. The third-order valence-electron chi connectivity index (χ3n) is 6.21. The highest BCUT2D eigenvalue weighted by atomic mass is 32.2. The van der Waals surface area contributed by atoms with E-state index < -0.39 is 10.0 Å². The molecule has 1 aliphatic heterocycles. The summed E-state index contributed by atoms with van der Waals surface area (Å²) in [6.07, 6.45) is 9.23. The number of aliphatic hydroxyl groups is 1. The maximum atomic E-state index is 13.8. The monoisotopic (exact) mass is 501 g/mol. The maximum absolute atomic E-state index is 13.8. The number of fused-ring (bicyclic) bond motifs is 1. The summed E-state index contributed by atoms with van der Waals surface area (Å²) in [5.74, 6) is 0.293. The highest BCUT2D eigenvalue weighted by Crippen LogP contribution is 2.41. The van der Waals surface area contributed by atoms with Crippen LogP contribution in [-0.4, -0.2) is 37.4 Å². The molecule has 3 N–H and O–H groups in total. The van der Waals surface area contributed by atoms with Gasteiger partial charge in [-0.05, 0) is 61.3 Å². The predicted molar refractivity (Wildman–Crippen MR) is 141 cm³/mol. The van der Waals surface area contributed by atoms with Crippen molar-refractivity contribution in [1.29, 1.82) is 0 Å². The van der Waals surface area contributed by atoms with Gasteiger partial charge in [0.15, 0.2) is 0 Å². The van der Waals surface area contributed by atoms with Crippen LogP contribution in [0.2, 0.25) is 0 Å². The topological polar surface area (TPSA) is 96.5 Å². The van der Waals surface area contributed by atoms with Crippen molar-refractivity contribution in [2.75, 3.05) is 17.1 Å². The molecular weight excluding hydrogens is 465 g/mol. The van der Waals surface area contributed by atoms with Crippen LogP contribution < -0.4 is 10.0 Å². The van der Waals surface area contributed by atoms with Crippen LogP contribution in [0.3, 0.4) is 0 Å². The molecule has 190 valence electrons. The molecule has 1 aliphatic rings. The van der Waals surface area contributed by atoms with E-state index in [1.807, 2.05) is 26.0 Å². The summed E-state index contributed by atoms with van der Waals surface area (Å²) in [5, 5.41) is 9.33. The first-order valence-electron chi connectivity index (χ1n) is 12.1. The third kappa shape index (κ3) is 6.70. The molecule has 8 heteroatoms. The molecule has 3 rings (SSSR count).